The third-order valence-corrected chi connectivity index (χ3v) is 4.63. The minimum absolute atomic E-state index is 0.217. The lowest BCUT2D eigenvalue weighted by Gasteiger charge is -2.19. The second kappa shape index (κ2) is 8.04. The Bertz CT molecular complexity index is 1090. The van der Waals surface area contributed by atoms with Crippen LogP contribution in [0.3, 0.4) is 0 Å². The van der Waals surface area contributed by atoms with Crippen LogP contribution in [0.2, 0.25) is 10.0 Å². The fourth-order valence-corrected chi connectivity index (χ4v) is 3.27. The number of para-hydroxylation sites is 1. The van der Waals surface area contributed by atoms with Crippen LogP contribution >= 0.6 is 23.2 Å². The number of anilines is 2. The van der Waals surface area contributed by atoms with Gasteiger partial charge in [-0.05, 0) is 43.3 Å². The second-order valence-corrected chi connectivity index (χ2v) is 7.21. The zero-order chi connectivity index (χ0) is 20.4. The van der Waals surface area contributed by atoms with E-state index in [2.05, 4.69) is 10.4 Å². The molecule has 0 aliphatic heterocycles. The number of aromatic nitrogens is 2. The number of carbonyl (C=O) groups excluding carboxylic acids is 1. The molecule has 8 heteroatoms. The molecular weight excluding hydrogens is 399 g/mol. The molecule has 0 aliphatic rings. The molecule has 144 valence electrons. The fourth-order valence-electron chi connectivity index (χ4n) is 2.80. The summed E-state index contributed by atoms with van der Waals surface area (Å²) in [5, 5.41) is 8.07. The first kappa shape index (κ1) is 19.9. The number of hydrogen-bond acceptors (Lipinski definition) is 4. The standard InChI is InChI=1S/C20H18Cl2N4O2/c1-12-11-17(27)18(24-26(12)14-9-7-13(21)8-10-14)20(28)23-16-6-4-5-15(22)19(16)25(2)3/h4-11H,1-3H3,(H,23,28). The number of nitrogens with zero attached hydrogens (tertiary/aromatic N) is 3. The van der Waals surface area contributed by atoms with E-state index in [1.165, 1.54) is 10.7 Å². The summed E-state index contributed by atoms with van der Waals surface area (Å²) in [6.45, 7) is 1.74. The van der Waals surface area contributed by atoms with Crippen LogP contribution in [0, 0.1) is 6.92 Å². The third kappa shape index (κ3) is 4.03. The van der Waals surface area contributed by atoms with Gasteiger partial charge in [0, 0.05) is 30.9 Å². The number of aryl methyl sites for hydroxylation is 1. The maximum atomic E-state index is 12.8. The molecule has 0 saturated carbocycles. The molecule has 2 aromatic carbocycles. The highest BCUT2D eigenvalue weighted by atomic mass is 35.5. The van der Waals surface area contributed by atoms with Crippen LogP contribution in [0.1, 0.15) is 16.2 Å². The monoisotopic (exact) mass is 416 g/mol. The van der Waals surface area contributed by atoms with Gasteiger partial charge in [-0.1, -0.05) is 29.3 Å². The number of rotatable bonds is 4. The molecule has 1 amide bonds. The lowest BCUT2D eigenvalue weighted by atomic mass is 10.2. The van der Waals surface area contributed by atoms with E-state index in [4.69, 9.17) is 23.2 Å². The van der Waals surface area contributed by atoms with Crippen molar-refractivity contribution in [3.05, 3.63) is 80.2 Å². The Hall–Kier alpha value is -2.83. The van der Waals surface area contributed by atoms with Gasteiger partial charge < -0.3 is 10.2 Å². The highest BCUT2D eigenvalue weighted by molar-refractivity contribution is 6.34. The van der Waals surface area contributed by atoms with Crippen molar-refractivity contribution in [3.63, 3.8) is 0 Å². The predicted octanol–water partition coefficient (Wildman–Crippen LogP) is 4.17. The summed E-state index contributed by atoms with van der Waals surface area (Å²) in [7, 11) is 3.63. The molecule has 1 aromatic heterocycles. The van der Waals surface area contributed by atoms with Crippen LogP contribution in [-0.4, -0.2) is 29.8 Å². The highest BCUT2D eigenvalue weighted by Gasteiger charge is 2.18. The van der Waals surface area contributed by atoms with E-state index in [1.54, 1.807) is 54.3 Å². The minimum atomic E-state index is -0.613. The van der Waals surface area contributed by atoms with Crippen molar-refractivity contribution in [3.8, 4) is 5.69 Å². The van der Waals surface area contributed by atoms with Crippen LogP contribution in [-0.2, 0) is 0 Å². The molecule has 0 spiro atoms. The number of nitrogens with one attached hydrogen (secondary N) is 1. The maximum absolute atomic E-state index is 12.8. The summed E-state index contributed by atoms with van der Waals surface area (Å²) in [5.74, 6) is -0.613. The number of hydrogen-bond donors (Lipinski definition) is 1. The number of halogens is 2. The van der Waals surface area contributed by atoms with E-state index in [0.29, 0.717) is 32.8 Å². The zero-order valence-corrected chi connectivity index (χ0v) is 17.0. The van der Waals surface area contributed by atoms with Crippen molar-refractivity contribution < 1.29 is 4.79 Å². The molecule has 0 fully saturated rings. The summed E-state index contributed by atoms with van der Waals surface area (Å²) < 4.78 is 1.53. The average Bonchev–Trinajstić information content (AvgIpc) is 2.62. The molecule has 3 rings (SSSR count). The van der Waals surface area contributed by atoms with E-state index >= 15 is 0 Å². The normalized spacial score (nSPS) is 10.6. The van der Waals surface area contributed by atoms with Gasteiger partial charge in [0.25, 0.3) is 5.91 Å². The van der Waals surface area contributed by atoms with Crippen molar-refractivity contribution in [1.82, 2.24) is 9.78 Å². The number of amides is 1. The molecule has 1 N–H and O–H groups in total. The van der Waals surface area contributed by atoms with Crippen molar-refractivity contribution >= 4 is 40.5 Å². The molecule has 0 unspecified atom stereocenters. The maximum Gasteiger partial charge on any atom is 0.280 e. The second-order valence-electron chi connectivity index (χ2n) is 6.37. The Morgan fingerprint density at radius 2 is 1.79 bits per heavy atom. The SMILES string of the molecule is Cc1cc(=O)c(C(=O)Nc2cccc(Cl)c2N(C)C)nn1-c1ccc(Cl)cc1. The van der Waals surface area contributed by atoms with Crippen LogP contribution in [0.5, 0.6) is 0 Å². The number of benzene rings is 2. The third-order valence-electron chi connectivity index (χ3n) is 4.08. The van der Waals surface area contributed by atoms with E-state index < -0.39 is 11.3 Å². The Morgan fingerprint density at radius 3 is 2.43 bits per heavy atom. The highest BCUT2D eigenvalue weighted by Crippen LogP contribution is 2.32. The lowest BCUT2D eigenvalue weighted by molar-refractivity contribution is 0.101. The van der Waals surface area contributed by atoms with Gasteiger partial charge in [-0.15, -0.1) is 0 Å². The first-order chi connectivity index (χ1) is 13.3. The molecular formula is C20H18Cl2N4O2. The summed E-state index contributed by atoms with van der Waals surface area (Å²) in [4.78, 5) is 27.0. The molecule has 6 nitrogen and oxygen atoms in total. The minimum Gasteiger partial charge on any atom is -0.375 e. The van der Waals surface area contributed by atoms with Crippen molar-refractivity contribution in [2.24, 2.45) is 0 Å². The summed E-state index contributed by atoms with van der Waals surface area (Å²) in [6, 6.07) is 13.5. The van der Waals surface area contributed by atoms with Crippen molar-refractivity contribution in [1.29, 1.82) is 0 Å². The summed E-state index contributed by atoms with van der Waals surface area (Å²) >= 11 is 12.2. The van der Waals surface area contributed by atoms with E-state index in [-0.39, 0.29) is 5.69 Å². The van der Waals surface area contributed by atoms with Crippen LogP contribution in [0.15, 0.2) is 53.3 Å². The Morgan fingerprint density at radius 1 is 1.11 bits per heavy atom. The summed E-state index contributed by atoms with van der Waals surface area (Å²) in [5.41, 5.74) is 1.73. The van der Waals surface area contributed by atoms with Gasteiger partial charge in [-0.2, -0.15) is 5.10 Å². The largest absolute Gasteiger partial charge is 0.375 e. The Labute approximate surface area is 172 Å². The molecule has 0 saturated heterocycles. The molecule has 1 heterocycles. The van der Waals surface area contributed by atoms with Crippen molar-refractivity contribution in [2.75, 3.05) is 24.3 Å². The molecule has 0 aliphatic carbocycles. The lowest BCUT2D eigenvalue weighted by Crippen LogP contribution is -2.27. The van der Waals surface area contributed by atoms with Gasteiger partial charge in [0.2, 0.25) is 5.43 Å². The van der Waals surface area contributed by atoms with Gasteiger partial charge in [-0.25, -0.2) is 4.68 Å². The average molecular weight is 417 g/mol. The van der Waals surface area contributed by atoms with E-state index in [0.717, 1.165) is 0 Å². The van der Waals surface area contributed by atoms with E-state index in [1.807, 2.05) is 14.1 Å². The Balaban J connectivity index is 2.01. The van der Waals surface area contributed by atoms with Crippen LogP contribution < -0.4 is 15.6 Å². The topological polar surface area (TPSA) is 67.2 Å². The Kier molecular flexibility index (Phi) is 5.72. The van der Waals surface area contributed by atoms with Gasteiger partial charge in [-0.3, -0.25) is 9.59 Å². The summed E-state index contributed by atoms with van der Waals surface area (Å²) in [6.07, 6.45) is 0. The van der Waals surface area contributed by atoms with Gasteiger partial charge in [0.1, 0.15) is 0 Å². The smallest absolute Gasteiger partial charge is 0.280 e. The first-order valence-electron chi connectivity index (χ1n) is 8.42. The van der Waals surface area contributed by atoms with Crippen LogP contribution in [0.25, 0.3) is 5.69 Å². The molecule has 0 radical (unpaired) electrons. The van der Waals surface area contributed by atoms with E-state index in [9.17, 15) is 9.59 Å². The molecule has 0 atom stereocenters. The molecule has 0 bridgehead atoms. The van der Waals surface area contributed by atoms with Gasteiger partial charge in [0.05, 0.1) is 22.1 Å². The quantitative estimate of drug-likeness (QED) is 0.692. The molecule has 3 aromatic rings. The zero-order valence-electron chi connectivity index (χ0n) is 15.5. The van der Waals surface area contributed by atoms with Gasteiger partial charge >= 0.3 is 0 Å². The van der Waals surface area contributed by atoms with Crippen LogP contribution in [0.4, 0.5) is 11.4 Å². The molecule has 28 heavy (non-hydrogen) atoms. The fraction of sp³-hybridized carbons (Fsp3) is 0.150. The number of carbonyl (C=O) groups is 1. The predicted molar refractivity (Wildman–Crippen MR) is 113 cm³/mol. The first-order valence-corrected chi connectivity index (χ1v) is 9.17. The van der Waals surface area contributed by atoms with Crippen molar-refractivity contribution in [2.45, 2.75) is 6.92 Å². The van der Waals surface area contributed by atoms with Gasteiger partial charge in [0.15, 0.2) is 5.69 Å².